The number of halogens is 1. The van der Waals surface area contributed by atoms with Gasteiger partial charge in [-0.2, -0.15) is 0 Å². The third kappa shape index (κ3) is 4.89. The lowest BCUT2D eigenvalue weighted by Gasteiger charge is -2.06. The number of rotatable bonds is 6. The van der Waals surface area contributed by atoms with Crippen LogP contribution in [0.4, 0.5) is 0 Å². The fourth-order valence-corrected chi connectivity index (χ4v) is 2.08. The molecule has 4 nitrogen and oxygen atoms in total. The highest BCUT2D eigenvalue weighted by Gasteiger charge is 2.02. The van der Waals surface area contributed by atoms with Crippen LogP contribution in [0.15, 0.2) is 51.6 Å². The molecule has 0 aliphatic heterocycles. The Morgan fingerprint density at radius 2 is 2.11 bits per heavy atom. The van der Waals surface area contributed by atoms with Crippen molar-refractivity contribution in [3.63, 3.8) is 0 Å². The monoisotopic (exact) mass is 322 g/mol. The largest absolute Gasteiger partial charge is 0.467 e. The number of hydrogen-bond acceptors (Lipinski definition) is 3. The van der Waals surface area contributed by atoms with Gasteiger partial charge in [-0.1, -0.05) is 28.1 Å². The second kappa shape index (κ2) is 7.11. The first-order valence-electron chi connectivity index (χ1n) is 5.98. The topological polar surface area (TPSA) is 54.3 Å². The van der Waals surface area contributed by atoms with Gasteiger partial charge in [0.15, 0.2) is 0 Å². The van der Waals surface area contributed by atoms with Gasteiger partial charge < -0.3 is 15.1 Å². The van der Waals surface area contributed by atoms with Crippen LogP contribution in [-0.4, -0.2) is 12.5 Å². The lowest BCUT2D eigenvalue weighted by Crippen LogP contribution is -2.33. The Labute approximate surface area is 120 Å². The smallest absolute Gasteiger partial charge is 0.234 e. The van der Waals surface area contributed by atoms with E-state index in [-0.39, 0.29) is 12.5 Å². The average Bonchev–Trinajstić information content (AvgIpc) is 2.89. The van der Waals surface area contributed by atoms with E-state index in [9.17, 15) is 4.79 Å². The summed E-state index contributed by atoms with van der Waals surface area (Å²) in [6, 6.07) is 11.6. The molecule has 0 fully saturated rings. The highest BCUT2D eigenvalue weighted by molar-refractivity contribution is 9.10. The molecular formula is C14H15BrN2O2. The third-order valence-corrected chi connectivity index (χ3v) is 3.04. The van der Waals surface area contributed by atoms with Crippen molar-refractivity contribution in [2.75, 3.05) is 6.54 Å². The summed E-state index contributed by atoms with van der Waals surface area (Å²) < 4.78 is 6.17. The molecule has 0 unspecified atom stereocenters. The maximum Gasteiger partial charge on any atom is 0.234 e. The number of amides is 1. The summed E-state index contributed by atoms with van der Waals surface area (Å²) in [6.07, 6.45) is 1.59. The molecule has 0 spiro atoms. The van der Waals surface area contributed by atoms with Gasteiger partial charge in [0.2, 0.25) is 5.91 Å². The zero-order valence-corrected chi connectivity index (χ0v) is 11.9. The number of nitrogens with one attached hydrogen (secondary N) is 2. The Bertz CT molecular complexity index is 526. The Hall–Kier alpha value is -1.59. The van der Waals surface area contributed by atoms with Gasteiger partial charge in [-0.05, 0) is 29.8 Å². The van der Waals surface area contributed by atoms with Crippen LogP contribution in [0.2, 0.25) is 0 Å². The van der Waals surface area contributed by atoms with Crippen molar-refractivity contribution in [2.45, 2.75) is 13.1 Å². The maximum atomic E-state index is 11.6. The van der Waals surface area contributed by atoms with Crippen molar-refractivity contribution in [1.82, 2.24) is 10.6 Å². The molecule has 0 bridgehead atoms. The van der Waals surface area contributed by atoms with Crippen molar-refractivity contribution in [2.24, 2.45) is 0 Å². The predicted molar refractivity (Wildman–Crippen MR) is 76.4 cm³/mol. The fraction of sp³-hybridized carbons (Fsp3) is 0.214. The molecule has 2 N–H and O–H groups in total. The first kappa shape index (κ1) is 13.8. The summed E-state index contributed by atoms with van der Waals surface area (Å²) in [5.41, 5.74) is 1.13. The summed E-state index contributed by atoms with van der Waals surface area (Å²) in [5, 5.41) is 5.87. The van der Waals surface area contributed by atoms with Gasteiger partial charge in [-0.15, -0.1) is 0 Å². The van der Waals surface area contributed by atoms with Gasteiger partial charge in [-0.25, -0.2) is 0 Å². The molecule has 5 heteroatoms. The van der Waals surface area contributed by atoms with Crippen molar-refractivity contribution in [3.05, 3.63) is 58.5 Å². The molecule has 2 rings (SSSR count). The Morgan fingerprint density at radius 3 is 2.84 bits per heavy atom. The average molecular weight is 323 g/mol. The van der Waals surface area contributed by atoms with Crippen molar-refractivity contribution in [3.8, 4) is 0 Å². The minimum Gasteiger partial charge on any atom is -0.467 e. The molecule has 2 aromatic rings. The SMILES string of the molecule is O=C(CNCc1cccc(Br)c1)NCc1ccco1. The van der Waals surface area contributed by atoms with E-state index in [0.717, 1.165) is 15.8 Å². The van der Waals surface area contributed by atoms with Crippen molar-refractivity contribution < 1.29 is 9.21 Å². The van der Waals surface area contributed by atoms with E-state index >= 15 is 0 Å². The van der Waals surface area contributed by atoms with Gasteiger partial charge in [0, 0.05) is 11.0 Å². The number of carbonyl (C=O) groups is 1. The van der Waals surface area contributed by atoms with Crippen molar-refractivity contribution >= 4 is 21.8 Å². The number of benzene rings is 1. The summed E-state index contributed by atoms with van der Waals surface area (Å²) in [4.78, 5) is 11.6. The Balaban J connectivity index is 1.66. The Morgan fingerprint density at radius 1 is 1.21 bits per heavy atom. The van der Waals surface area contributed by atoms with Gasteiger partial charge in [-0.3, -0.25) is 4.79 Å². The van der Waals surface area contributed by atoms with Crippen LogP contribution >= 0.6 is 15.9 Å². The lowest BCUT2D eigenvalue weighted by molar-refractivity contribution is -0.120. The quantitative estimate of drug-likeness (QED) is 0.859. The summed E-state index contributed by atoms with van der Waals surface area (Å²) in [5.74, 6) is 0.701. The maximum absolute atomic E-state index is 11.6. The zero-order chi connectivity index (χ0) is 13.5. The normalized spacial score (nSPS) is 10.4. The second-order valence-corrected chi connectivity index (χ2v) is 5.01. The molecule has 1 heterocycles. The molecule has 0 radical (unpaired) electrons. The fourth-order valence-electron chi connectivity index (χ4n) is 1.63. The van der Waals surface area contributed by atoms with Gasteiger partial charge >= 0.3 is 0 Å². The number of furan rings is 1. The van der Waals surface area contributed by atoms with E-state index in [0.29, 0.717) is 13.1 Å². The van der Waals surface area contributed by atoms with Crippen molar-refractivity contribution in [1.29, 1.82) is 0 Å². The molecular weight excluding hydrogens is 308 g/mol. The van der Waals surface area contributed by atoms with Crippen LogP contribution in [0.5, 0.6) is 0 Å². The van der Waals surface area contributed by atoms with E-state index < -0.39 is 0 Å². The summed E-state index contributed by atoms with van der Waals surface area (Å²) in [6.45, 7) is 1.37. The van der Waals surface area contributed by atoms with Crippen LogP contribution < -0.4 is 10.6 Å². The molecule has 0 atom stereocenters. The molecule has 0 aliphatic carbocycles. The molecule has 19 heavy (non-hydrogen) atoms. The van der Waals surface area contributed by atoms with E-state index in [1.54, 1.807) is 12.3 Å². The van der Waals surface area contributed by atoms with Gasteiger partial charge in [0.1, 0.15) is 5.76 Å². The standard InChI is InChI=1S/C14H15BrN2O2/c15-12-4-1-3-11(7-12)8-16-10-14(18)17-9-13-5-2-6-19-13/h1-7,16H,8-10H2,(H,17,18). The highest BCUT2D eigenvalue weighted by Crippen LogP contribution is 2.11. The minimum absolute atomic E-state index is 0.0496. The molecule has 0 saturated carbocycles. The molecule has 100 valence electrons. The number of hydrogen-bond donors (Lipinski definition) is 2. The molecule has 1 aromatic carbocycles. The van der Waals surface area contributed by atoms with Crippen LogP contribution in [0.3, 0.4) is 0 Å². The van der Waals surface area contributed by atoms with Crippen LogP contribution in [0.1, 0.15) is 11.3 Å². The van der Waals surface area contributed by atoms with Crippen LogP contribution in [0.25, 0.3) is 0 Å². The zero-order valence-electron chi connectivity index (χ0n) is 10.4. The Kier molecular flexibility index (Phi) is 5.18. The number of carbonyl (C=O) groups excluding carboxylic acids is 1. The predicted octanol–water partition coefficient (Wildman–Crippen LogP) is 2.45. The highest BCUT2D eigenvalue weighted by atomic mass is 79.9. The first-order chi connectivity index (χ1) is 9.24. The lowest BCUT2D eigenvalue weighted by atomic mass is 10.2. The molecule has 0 saturated heterocycles. The van der Waals surface area contributed by atoms with E-state index in [1.165, 1.54) is 0 Å². The van der Waals surface area contributed by atoms with E-state index in [2.05, 4.69) is 26.6 Å². The summed E-state index contributed by atoms with van der Waals surface area (Å²) in [7, 11) is 0. The van der Waals surface area contributed by atoms with Crippen LogP contribution in [0, 0.1) is 0 Å². The summed E-state index contributed by atoms with van der Waals surface area (Å²) >= 11 is 3.41. The van der Waals surface area contributed by atoms with Crippen LogP contribution in [-0.2, 0) is 17.9 Å². The third-order valence-electron chi connectivity index (χ3n) is 2.54. The molecule has 0 aliphatic rings. The minimum atomic E-state index is -0.0496. The molecule has 1 amide bonds. The first-order valence-corrected chi connectivity index (χ1v) is 6.77. The van der Waals surface area contributed by atoms with Gasteiger partial charge in [0.25, 0.3) is 0 Å². The van der Waals surface area contributed by atoms with E-state index in [1.807, 2.05) is 30.3 Å². The molecule has 1 aromatic heterocycles. The second-order valence-electron chi connectivity index (χ2n) is 4.09. The van der Waals surface area contributed by atoms with E-state index in [4.69, 9.17) is 4.42 Å². The van der Waals surface area contributed by atoms with Gasteiger partial charge in [0.05, 0.1) is 19.4 Å².